The number of benzene rings is 1. The quantitative estimate of drug-likeness (QED) is 0.143. The van der Waals surface area contributed by atoms with Crippen LogP contribution < -0.4 is 11.2 Å². The van der Waals surface area contributed by atoms with E-state index in [0.29, 0.717) is 6.54 Å². The summed E-state index contributed by atoms with van der Waals surface area (Å²) >= 11 is 0. The number of aromatic nitrogens is 2. The molecule has 224 valence electrons. The fourth-order valence-corrected chi connectivity index (χ4v) is 2.97. The van der Waals surface area contributed by atoms with E-state index in [1.165, 1.54) is 5.56 Å². The van der Waals surface area contributed by atoms with Gasteiger partial charge in [-0.1, -0.05) is 31.2 Å². The number of halogens is 6. The van der Waals surface area contributed by atoms with Crippen LogP contribution in [0.2, 0.25) is 0 Å². The van der Waals surface area contributed by atoms with E-state index in [4.69, 9.17) is 25.5 Å². The van der Waals surface area contributed by atoms with Gasteiger partial charge in [-0.25, -0.2) is 14.2 Å². The van der Waals surface area contributed by atoms with Gasteiger partial charge in [0.25, 0.3) is 0 Å². The summed E-state index contributed by atoms with van der Waals surface area (Å²) in [4.78, 5) is 27.0. The second kappa shape index (κ2) is 15.6. The molecule has 0 saturated carbocycles. The first-order valence-corrected chi connectivity index (χ1v) is 11.2. The topological polar surface area (TPSA) is 191 Å². The Kier molecular flexibility index (Phi) is 13.3. The summed E-state index contributed by atoms with van der Waals surface area (Å²) in [7, 11) is 0. The number of carbonyl (C=O) groups is 2. The Morgan fingerprint density at radius 3 is 1.77 bits per heavy atom. The molecular formula is C21H27F6N7O6. The van der Waals surface area contributed by atoms with Gasteiger partial charge in [0, 0.05) is 32.7 Å². The van der Waals surface area contributed by atoms with Crippen LogP contribution in [-0.4, -0.2) is 98.4 Å². The van der Waals surface area contributed by atoms with E-state index in [1.807, 2.05) is 17.6 Å². The molecule has 1 fully saturated rings. The van der Waals surface area contributed by atoms with Crippen molar-refractivity contribution in [1.82, 2.24) is 25.6 Å². The Balaban J connectivity index is 0.000000473. The van der Waals surface area contributed by atoms with Crippen LogP contribution >= 0.6 is 0 Å². The van der Waals surface area contributed by atoms with Gasteiger partial charge in [0.15, 0.2) is 17.3 Å². The largest absolute Gasteiger partial charge is 0.490 e. The van der Waals surface area contributed by atoms with Crippen molar-refractivity contribution in [2.75, 3.05) is 38.5 Å². The number of nitrogens with zero attached hydrogens (tertiary/aromatic N) is 5. The van der Waals surface area contributed by atoms with E-state index in [9.17, 15) is 31.5 Å². The van der Waals surface area contributed by atoms with E-state index < -0.39 is 24.3 Å². The van der Waals surface area contributed by atoms with Crippen molar-refractivity contribution in [3.63, 3.8) is 0 Å². The maximum absolute atomic E-state index is 10.6. The van der Waals surface area contributed by atoms with Crippen molar-refractivity contribution in [2.24, 2.45) is 4.99 Å². The number of hydrogen-bond acceptors (Lipinski definition) is 10. The van der Waals surface area contributed by atoms with Crippen molar-refractivity contribution < 1.29 is 56.0 Å². The number of nitrogens with two attached hydrogens (primary N) is 1. The Morgan fingerprint density at radius 1 is 0.950 bits per heavy atom. The molecule has 0 radical (unpaired) electrons. The Bertz CT molecular complexity index is 1080. The monoisotopic (exact) mass is 587 g/mol. The van der Waals surface area contributed by atoms with Gasteiger partial charge in [-0.3, -0.25) is 20.6 Å². The maximum atomic E-state index is 10.6. The van der Waals surface area contributed by atoms with E-state index >= 15 is 0 Å². The number of anilines is 1. The molecule has 19 heteroatoms. The van der Waals surface area contributed by atoms with Crippen LogP contribution in [0.5, 0.6) is 0 Å². The van der Waals surface area contributed by atoms with Gasteiger partial charge in [0.1, 0.15) is 0 Å². The molecule has 40 heavy (non-hydrogen) atoms. The van der Waals surface area contributed by atoms with Gasteiger partial charge in [0.2, 0.25) is 0 Å². The van der Waals surface area contributed by atoms with E-state index in [1.54, 1.807) is 0 Å². The number of amidine groups is 1. The van der Waals surface area contributed by atoms with Gasteiger partial charge in [-0.15, -0.1) is 0 Å². The third kappa shape index (κ3) is 12.3. The van der Waals surface area contributed by atoms with Crippen molar-refractivity contribution in [1.29, 1.82) is 0 Å². The van der Waals surface area contributed by atoms with Crippen LogP contribution in [0, 0.1) is 0 Å². The molecule has 1 aromatic carbocycles. The number of nitrogen functional groups attached to an aromatic ring is 1. The number of aliphatic carboxylic acids is 2. The number of aliphatic imine (C=N–C) groups is 1. The second-order valence-corrected chi connectivity index (χ2v) is 7.91. The molecule has 2 heterocycles. The number of carboxylic acid groups (broad SMARTS) is 2. The highest BCUT2D eigenvalue weighted by atomic mass is 19.4. The van der Waals surface area contributed by atoms with Gasteiger partial charge in [0.05, 0.1) is 6.54 Å². The van der Waals surface area contributed by atoms with Crippen LogP contribution in [0.3, 0.4) is 0 Å². The van der Waals surface area contributed by atoms with Crippen molar-refractivity contribution in [3.8, 4) is 0 Å². The van der Waals surface area contributed by atoms with Gasteiger partial charge in [-0.05, 0) is 28.0 Å². The number of alkyl halides is 6. The lowest BCUT2D eigenvalue weighted by Gasteiger charge is -2.34. The van der Waals surface area contributed by atoms with Gasteiger partial charge < -0.3 is 20.8 Å². The van der Waals surface area contributed by atoms with Crippen LogP contribution in [-0.2, 0) is 22.7 Å². The summed E-state index contributed by atoms with van der Waals surface area (Å²) in [5, 5.41) is 30.5. The Morgan fingerprint density at radius 2 is 1.40 bits per heavy atom. The number of hydrogen-bond donors (Lipinski definition) is 5. The third-order valence-corrected chi connectivity index (χ3v) is 5.09. The fourth-order valence-electron chi connectivity index (χ4n) is 2.97. The molecule has 13 nitrogen and oxygen atoms in total. The minimum absolute atomic E-state index is 0.0730. The van der Waals surface area contributed by atoms with Crippen LogP contribution in [0.15, 0.2) is 33.9 Å². The zero-order chi connectivity index (χ0) is 30.5. The van der Waals surface area contributed by atoms with E-state index in [0.717, 1.165) is 44.8 Å². The molecule has 1 aromatic heterocycles. The molecule has 2 aromatic rings. The Hall–Kier alpha value is -3.97. The number of hydroxylamine groups is 1. The molecular weight excluding hydrogens is 560 g/mol. The highest BCUT2D eigenvalue weighted by molar-refractivity contribution is 5.99. The lowest BCUT2D eigenvalue weighted by molar-refractivity contribution is -0.193. The number of rotatable bonds is 6. The summed E-state index contributed by atoms with van der Waals surface area (Å²) in [5.74, 6) is -5.31. The number of nitrogens with one attached hydrogen (secondary N) is 1. The van der Waals surface area contributed by atoms with Gasteiger partial charge in [-0.2, -0.15) is 26.3 Å². The van der Waals surface area contributed by atoms with E-state index in [2.05, 4.69) is 48.8 Å². The molecule has 0 bridgehead atoms. The standard InChI is InChI=1S/C17H25N7O2.2C2HF3O2/c1-2-23-7-9-24(10-8-23)12-14-5-3-13(4-6-14)11-19-17(20-25)15-16(18)22-26-21-15;2*3-2(4,5)1(6)7/h3-6,25H,2,7-12H2,1H3,(H2,18,22)(H,19,20);2*(H,6,7). The molecule has 1 aliphatic heterocycles. The molecule has 0 spiro atoms. The first kappa shape index (κ1) is 34.1. The molecule has 0 unspecified atom stereocenters. The predicted molar refractivity (Wildman–Crippen MR) is 125 cm³/mol. The van der Waals surface area contributed by atoms with Crippen LogP contribution in [0.4, 0.5) is 32.2 Å². The average Bonchev–Trinajstić information content (AvgIpc) is 3.31. The van der Waals surface area contributed by atoms with Crippen LogP contribution in [0.25, 0.3) is 0 Å². The van der Waals surface area contributed by atoms with Gasteiger partial charge >= 0.3 is 24.3 Å². The zero-order valence-corrected chi connectivity index (χ0v) is 20.9. The van der Waals surface area contributed by atoms with E-state index in [-0.39, 0.29) is 17.3 Å². The lowest BCUT2D eigenvalue weighted by Crippen LogP contribution is -2.45. The van der Waals surface area contributed by atoms with Crippen molar-refractivity contribution in [3.05, 3.63) is 41.1 Å². The molecule has 0 amide bonds. The lowest BCUT2D eigenvalue weighted by atomic mass is 10.1. The summed E-state index contributed by atoms with van der Waals surface area (Å²) in [6.07, 6.45) is -10.2. The highest BCUT2D eigenvalue weighted by Crippen LogP contribution is 2.14. The second-order valence-electron chi connectivity index (χ2n) is 7.91. The summed E-state index contributed by atoms with van der Waals surface area (Å²) in [6, 6.07) is 8.32. The molecule has 0 atom stereocenters. The minimum atomic E-state index is -5.08. The zero-order valence-electron chi connectivity index (χ0n) is 20.9. The first-order valence-electron chi connectivity index (χ1n) is 11.2. The molecule has 0 aliphatic carbocycles. The smallest absolute Gasteiger partial charge is 0.475 e. The third-order valence-electron chi connectivity index (χ3n) is 5.09. The van der Waals surface area contributed by atoms with Crippen molar-refractivity contribution in [2.45, 2.75) is 32.4 Å². The maximum Gasteiger partial charge on any atom is 0.490 e. The summed E-state index contributed by atoms with van der Waals surface area (Å²) < 4.78 is 68.0. The first-order chi connectivity index (χ1) is 18.6. The highest BCUT2D eigenvalue weighted by Gasteiger charge is 2.38. The number of likely N-dealkylation sites (N-methyl/N-ethyl adjacent to an activating group) is 1. The average molecular weight is 587 g/mol. The normalized spacial score (nSPS) is 14.8. The molecule has 3 rings (SSSR count). The summed E-state index contributed by atoms with van der Waals surface area (Å²) in [6.45, 7) is 9.18. The molecule has 1 aliphatic rings. The SMILES string of the molecule is CCN1CCN(Cc2ccc(CN=C(NO)c3nonc3N)cc2)CC1.O=C(O)C(F)(F)F.O=C(O)C(F)(F)F. The minimum Gasteiger partial charge on any atom is -0.475 e. The predicted octanol–water partition coefficient (Wildman–Crippen LogP) is 1.98. The number of piperazine rings is 1. The summed E-state index contributed by atoms with van der Waals surface area (Å²) in [5.41, 5.74) is 10.1. The molecule has 6 N–H and O–H groups in total. The Labute approximate surface area is 222 Å². The fraction of sp³-hybridized carbons (Fsp3) is 0.476. The van der Waals surface area contributed by atoms with Crippen LogP contribution in [0.1, 0.15) is 23.7 Å². The number of carboxylic acids is 2. The molecule has 1 saturated heterocycles. The van der Waals surface area contributed by atoms with Crippen molar-refractivity contribution >= 4 is 23.6 Å².